The van der Waals surface area contributed by atoms with E-state index in [1.165, 1.54) is 7.11 Å². The van der Waals surface area contributed by atoms with E-state index >= 15 is 0 Å². The van der Waals surface area contributed by atoms with Gasteiger partial charge in [-0.05, 0) is 38.0 Å². The summed E-state index contributed by atoms with van der Waals surface area (Å²) in [6.07, 6.45) is 1.16. The van der Waals surface area contributed by atoms with Crippen LogP contribution in [0.4, 0.5) is 10.5 Å². The Morgan fingerprint density at radius 3 is 2.87 bits per heavy atom. The maximum atomic E-state index is 12.4. The molecule has 0 bridgehead atoms. The number of halogens is 1. The Bertz CT molecular complexity index is 579. The fourth-order valence-corrected chi connectivity index (χ4v) is 2.82. The number of nitrogens with one attached hydrogen (secondary N) is 1. The molecule has 1 saturated heterocycles. The average Bonchev–Trinajstić information content (AvgIpc) is 2.55. The predicted octanol–water partition coefficient (Wildman–Crippen LogP) is 3.16. The third-order valence-electron chi connectivity index (χ3n) is 3.74. The molecule has 0 saturated carbocycles. The number of methoxy groups -OCH3 is 1. The highest BCUT2D eigenvalue weighted by molar-refractivity contribution is 6.32. The molecule has 126 valence electrons. The molecule has 0 spiro atoms. The number of piperidine rings is 1. The first-order valence-electron chi connectivity index (χ1n) is 7.61. The minimum Gasteiger partial charge on any atom is -0.495 e. The largest absolute Gasteiger partial charge is 0.495 e. The third-order valence-corrected chi connectivity index (χ3v) is 4.03. The Balaban J connectivity index is 1.97. The standard InChI is InChI=1S/C16H21ClN2O4/c1-3-23-16(21)19-8-4-5-11(10-19)15(20)18-12-6-7-14(22-2)13(17)9-12/h6-7,9,11H,3-5,8,10H2,1-2H3,(H,18,20). The highest BCUT2D eigenvalue weighted by Gasteiger charge is 2.29. The van der Waals surface area contributed by atoms with Gasteiger partial charge in [-0.1, -0.05) is 11.6 Å². The summed E-state index contributed by atoms with van der Waals surface area (Å²) in [4.78, 5) is 25.8. The molecule has 23 heavy (non-hydrogen) atoms. The number of hydrogen-bond acceptors (Lipinski definition) is 4. The highest BCUT2D eigenvalue weighted by atomic mass is 35.5. The maximum Gasteiger partial charge on any atom is 0.409 e. The molecule has 1 N–H and O–H groups in total. The summed E-state index contributed by atoms with van der Waals surface area (Å²) >= 11 is 6.05. The maximum absolute atomic E-state index is 12.4. The van der Waals surface area contributed by atoms with Crippen molar-refractivity contribution in [1.82, 2.24) is 4.90 Å². The molecule has 6 nitrogen and oxygen atoms in total. The van der Waals surface area contributed by atoms with Gasteiger partial charge in [0.05, 0.1) is 24.7 Å². The number of hydrogen-bond donors (Lipinski definition) is 1. The number of nitrogens with zero attached hydrogens (tertiary/aromatic N) is 1. The fraction of sp³-hybridized carbons (Fsp3) is 0.500. The number of carbonyl (C=O) groups is 2. The van der Waals surface area contributed by atoms with Gasteiger partial charge in [-0.25, -0.2) is 4.79 Å². The van der Waals surface area contributed by atoms with Crippen molar-refractivity contribution in [3.05, 3.63) is 23.2 Å². The lowest BCUT2D eigenvalue weighted by molar-refractivity contribution is -0.121. The van der Waals surface area contributed by atoms with Crippen molar-refractivity contribution in [3.8, 4) is 5.75 Å². The van der Waals surface area contributed by atoms with Gasteiger partial charge in [0, 0.05) is 18.8 Å². The molecule has 0 radical (unpaired) electrons. The lowest BCUT2D eigenvalue weighted by Gasteiger charge is -2.31. The number of anilines is 1. The monoisotopic (exact) mass is 340 g/mol. The van der Waals surface area contributed by atoms with Crippen LogP contribution in [0.5, 0.6) is 5.75 Å². The molecule has 1 unspecified atom stereocenters. The first-order chi connectivity index (χ1) is 11.0. The average molecular weight is 341 g/mol. The zero-order chi connectivity index (χ0) is 16.8. The normalized spacial score (nSPS) is 17.5. The number of ether oxygens (including phenoxy) is 2. The van der Waals surface area contributed by atoms with Crippen LogP contribution in [0.2, 0.25) is 5.02 Å². The molecule has 1 heterocycles. The van der Waals surface area contributed by atoms with Crippen molar-refractivity contribution in [2.75, 3.05) is 32.1 Å². The zero-order valence-electron chi connectivity index (χ0n) is 13.3. The van der Waals surface area contributed by atoms with E-state index in [1.807, 2.05) is 0 Å². The van der Waals surface area contributed by atoms with Crippen molar-refractivity contribution < 1.29 is 19.1 Å². The van der Waals surface area contributed by atoms with Gasteiger partial charge in [-0.3, -0.25) is 4.79 Å². The Morgan fingerprint density at radius 1 is 1.43 bits per heavy atom. The quantitative estimate of drug-likeness (QED) is 0.914. The van der Waals surface area contributed by atoms with Gasteiger partial charge in [-0.2, -0.15) is 0 Å². The Hall–Kier alpha value is -1.95. The van der Waals surface area contributed by atoms with Crippen molar-refractivity contribution >= 4 is 29.3 Å². The Labute approximate surface area is 140 Å². The van der Waals surface area contributed by atoms with Crippen LogP contribution in [0.15, 0.2) is 18.2 Å². The molecule has 1 aliphatic heterocycles. The second-order valence-corrected chi connectivity index (χ2v) is 5.73. The van der Waals surface area contributed by atoms with Crippen LogP contribution in [0.3, 0.4) is 0 Å². The van der Waals surface area contributed by atoms with Crippen molar-refractivity contribution in [2.45, 2.75) is 19.8 Å². The molecule has 0 aromatic heterocycles. The van der Waals surface area contributed by atoms with Gasteiger partial charge in [0.2, 0.25) is 5.91 Å². The SMILES string of the molecule is CCOC(=O)N1CCCC(C(=O)Nc2ccc(OC)c(Cl)c2)C1. The van der Waals surface area contributed by atoms with Crippen LogP contribution in [0.25, 0.3) is 0 Å². The number of rotatable bonds is 4. The minimum absolute atomic E-state index is 0.125. The van der Waals surface area contributed by atoms with Crippen LogP contribution in [0, 0.1) is 5.92 Å². The number of carbonyl (C=O) groups excluding carboxylic acids is 2. The molecule has 1 aliphatic rings. The summed E-state index contributed by atoms with van der Waals surface area (Å²) in [6, 6.07) is 5.07. The molecule has 2 amide bonds. The lowest BCUT2D eigenvalue weighted by Crippen LogP contribution is -2.44. The molecule has 1 atom stereocenters. The summed E-state index contributed by atoms with van der Waals surface area (Å²) in [7, 11) is 1.53. The molecule has 1 aromatic carbocycles. The molecule has 1 aromatic rings. The van der Waals surface area contributed by atoms with E-state index in [1.54, 1.807) is 30.0 Å². The second kappa shape index (κ2) is 8.06. The van der Waals surface area contributed by atoms with Gasteiger partial charge in [0.15, 0.2) is 0 Å². The summed E-state index contributed by atoms with van der Waals surface area (Å²) in [5.74, 6) is 0.171. The highest BCUT2D eigenvalue weighted by Crippen LogP contribution is 2.28. The Morgan fingerprint density at radius 2 is 2.22 bits per heavy atom. The molecular weight excluding hydrogens is 320 g/mol. The van der Waals surface area contributed by atoms with Gasteiger partial charge in [-0.15, -0.1) is 0 Å². The number of benzene rings is 1. The molecule has 0 aliphatic carbocycles. The van der Waals surface area contributed by atoms with Crippen LogP contribution in [-0.4, -0.2) is 43.7 Å². The molecule has 7 heteroatoms. The van der Waals surface area contributed by atoms with E-state index in [9.17, 15) is 9.59 Å². The number of amides is 2. The smallest absolute Gasteiger partial charge is 0.409 e. The zero-order valence-corrected chi connectivity index (χ0v) is 14.1. The van der Waals surface area contributed by atoms with E-state index < -0.39 is 0 Å². The van der Waals surface area contributed by atoms with Gasteiger partial charge in [0.25, 0.3) is 0 Å². The second-order valence-electron chi connectivity index (χ2n) is 5.32. The first-order valence-corrected chi connectivity index (χ1v) is 7.99. The summed E-state index contributed by atoms with van der Waals surface area (Å²) in [5.41, 5.74) is 0.606. The van der Waals surface area contributed by atoms with Crippen LogP contribution in [-0.2, 0) is 9.53 Å². The van der Waals surface area contributed by atoms with Gasteiger partial charge < -0.3 is 19.7 Å². The van der Waals surface area contributed by atoms with E-state index in [4.69, 9.17) is 21.1 Å². The summed E-state index contributed by atoms with van der Waals surface area (Å²) in [6.45, 7) is 3.08. The van der Waals surface area contributed by atoms with E-state index in [2.05, 4.69) is 5.32 Å². The fourth-order valence-electron chi connectivity index (χ4n) is 2.56. The Kier molecular flexibility index (Phi) is 6.10. The van der Waals surface area contributed by atoms with Crippen LogP contribution >= 0.6 is 11.6 Å². The first kappa shape index (κ1) is 17.4. The summed E-state index contributed by atoms with van der Waals surface area (Å²) in [5, 5.41) is 3.27. The van der Waals surface area contributed by atoms with E-state index in [0.29, 0.717) is 36.2 Å². The van der Waals surface area contributed by atoms with E-state index in [0.717, 1.165) is 12.8 Å². The molecule has 1 fully saturated rings. The lowest BCUT2D eigenvalue weighted by atomic mass is 9.97. The topological polar surface area (TPSA) is 67.9 Å². The minimum atomic E-state index is -0.363. The van der Waals surface area contributed by atoms with Crippen molar-refractivity contribution in [2.24, 2.45) is 5.92 Å². The van der Waals surface area contributed by atoms with E-state index in [-0.39, 0.29) is 17.9 Å². The van der Waals surface area contributed by atoms with Crippen molar-refractivity contribution in [3.63, 3.8) is 0 Å². The molecular formula is C16H21ClN2O4. The van der Waals surface area contributed by atoms with Gasteiger partial charge >= 0.3 is 6.09 Å². The van der Waals surface area contributed by atoms with Crippen LogP contribution < -0.4 is 10.1 Å². The van der Waals surface area contributed by atoms with Crippen molar-refractivity contribution in [1.29, 1.82) is 0 Å². The predicted molar refractivity (Wildman–Crippen MR) is 88.0 cm³/mol. The van der Waals surface area contributed by atoms with Gasteiger partial charge in [0.1, 0.15) is 5.75 Å². The molecule has 2 rings (SSSR count). The van der Waals surface area contributed by atoms with Crippen LogP contribution in [0.1, 0.15) is 19.8 Å². The third kappa shape index (κ3) is 4.51. The summed E-state index contributed by atoms with van der Waals surface area (Å²) < 4.78 is 10.1. The number of likely N-dealkylation sites (tertiary alicyclic amines) is 1.